The van der Waals surface area contributed by atoms with Gasteiger partial charge in [-0.15, -0.1) is 11.8 Å². The van der Waals surface area contributed by atoms with E-state index in [0.717, 1.165) is 11.5 Å². The molecule has 3 heteroatoms. The molecule has 1 aliphatic heterocycles. The summed E-state index contributed by atoms with van der Waals surface area (Å²) >= 11 is 1.78. The smallest absolute Gasteiger partial charge is 0.119 e. The Labute approximate surface area is 131 Å². The van der Waals surface area contributed by atoms with E-state index in [1.165, 1.54) is 5.56 Å². The van der Waals surface area contributed by atoms with Gasteiger partial charge < -0.3 is 9.84 Å². The largest absolute Gasteiger partial charge is 0.508 e. The van der Waals surface area contributed by atoms with E-state index in [1.54, 1.807) is 31.0 Å². The average Bonchev–Trinajstić information content (AvgIpc) is 2.49. The second kappa shape index (κ2) is 6.90. The summed E-state index contributed by atoms with van der Waals surface area (Å²) < 4.78 is 5.29. The predicted octanol–water partition coefficient (Wildman–Crippen LogP) is 4.63. The van der Waals surface area contributed by atoms with Crippen LogP contribution in [-0.4, -0.2) is 18.0 Å². The minimum Gasteiger partial charge on any atom is -0.508 e. The van der Waals surface area contributed by atoms with E-state index < -0.39 is 0 Å². The third-order valence-corrected chi connectivity index (χ3v) is 5.23. The van der Waals surface area contributed by atoms with Gasteiger partial charge in [0, 0.05) is 11.2 Å². The fraction of sp³-hybridized carbons (Fsp3) is 0.333. The Bertz CT molecular complexity index is 557. The Morgan fingerprint density at radius 3 is 2.67 bits per heavy atom. The van der Waals surface area contributed by atoms with Crippen molar-refractivity contribution in [3.8, 4) is 5.75 Å². The highest BCUT2D eigenvalue weighted by Crippen LogP contribution is 2.37. The monoisotopic (exact) mass is 302 g/mol. The van der Waals surface area contributed by atoms with Gasteiger partial charge in [0.25, 0.3) is 0 Å². The topological polar surface area (TPSA) is 29.5 Å². The number of aromatic hydroxyl groups is 1. The molecule has 21 heavy (non-hydrogen) atoms. The highest BCUT2D eigenvalue weighted by molar-refractivity contribution is 8.02. The summed E-state index contributed by atoms with van der Waals surface area (Å²) in [6.07, 6.45) is 8.24. The molecule has 2 unspecified atom stereocenters. The number of allylic oxidation sites excluding steroid dienone is 4. The molecule has 2 rings (SSSR count). The molecule has 0 saturated heterocycles. The molecule has 0 amide bonds. The van der Waals surface area contributed by atoms with Gasteiger partial charge in [0.1, 0.15) is 11.5 Å². The van der Waals surface area contributed by atoms with Crippen molar-refractivity contribution < 1.29 is 9.84 Å². The van der Waals surface area contributed by atoms with Crippen LogP contribution in [0.3, 0.4) is 0 Å². The first-order chi connectivity index (χ1) is 10.1. The Hall–Kier alpha value is -1.61. The number of rotatable bonds is 2. The molecular weight excluding hydrogens is 280 g/mol. The maximum absolute atomic E-state index is 9.49. The van der Waals surface area contributed by atoms with Gasteiger partial charge in [0.05, 0.1) is 7.11 Å². The molecule has 2 nitrogen and oxygen atoms in total. The fourth-order valence-corrected chi connectivity index (χ4v) is 3.48. The number of thioether (sulfide) groups is 1. The molecule has 0 fully saturated rings. The number of hydrogen-bond donors (Lipinski definition) is 1. The van der Waals surface area contributed by atoms with Crippen LogP contribution in [-0.2, 0) is 10.2 Å². The third-order valence-electron chi connectivity index (χ3n) is 4.14. The normalized spacial score (nSPS) is 31.8. The van der Waals surface area contributed by atoms with Crippen LogP contribution in [0.4, 0.5) is 0 Å². The lowest BCUT2D eigenvalue weighted by Gasteiger charge is -2.34. The first-order valence-corrected chi connectivity index (χ1v) is 8.11. The van der Waals surface area contributed by atoms with Crippen molar-refractivity contribution in [1.29, 1.82) is 0 Å². The lowest BCUT2D eigenvalue weighted by molar-refractivity contribution is 0.307. The van der Waals surface area contributed by atoms with Crippen LogP contribution in [0.25, 0.3) is 0 Å². The molecule has 1 heterocycles. The molecule has 112 valence electrons. The summed E-state index contributed by atoms with van der Waals surface area (Å²) in [5.74, 6) is 2.51. The summed E-state index contributed by atoms with van der Waals surface area (Å²) in [5, 5.41) is 11.6. The predicted molar refractivity (Wildman–Crippen MR) is 90.5 cm³/mol. The first-order valence-electron chi connectivity index (χ1n) is 7.06. The summed E-state index contributed by atoms with van der Waals surface area (Å²) in [7, 11) is 1.68. The highest BCUT2D eigenvalue weighted by atomic mass is 32.2. The molecule has 0 bridgehead atoms. The molecule has 1 aromatic rings. The molecule has 0 spiro atoms. The number of hydrogen-bond acceptors (Lipinski definition) is 3. The van der Waals surface area contributed by atoms with Gasteiger partial charge in [-0.3, -0.25) is 0 Å². The highest BCUT2D eigenvalue weighted by Gasteiger charge is 2.31. The van der Waals surface area contributed by atoms with Crippen LogP contribution in [0.5, 0.6) is 5.75 Å². The van der Waals surface area contributed by atoms with E-state index in [2.05, 4.69) is 31.4 Å². The SMILES string of the molecule is COC1=C/C=C/C(C)C(C)(c2ccc(O)cc2)CS\C=C\1. The molecule has 0 aliphatic carbocycles. The van der Waals surface area contributed by atoms with E-state index >= 15 is 0 Å². The van der Waals surface area contributed by atoms with Crippen molar-refractivity contribution in [2.24, 2.45) is 5.92 Å². The number of phenolic OH excluding ortho intramolecular Hbond substituents is 1. The van der Waals surface area contributed by atoms with E-state index in [9.17, 15) is 5.11 Å². The van der Waals surface area contributed by atoms with Crippen molar-refractivity contribution in [3.63, 3.8) is 0 Å². The Morgan fingerprint density at radius 1 is 1.29 bits per heavy atom. The second-order valence-corrected chi connectivity index (χ2v) is 6.42. The maximum atomic E-state index is 9.49. The van der Waals surface area contributed by atoms with Crippen molar-refractivity contribution in [2.75, 3.05) is 12.9 Å². The Morgan fingerprint density at radius 2 is 2.00 bits per heavy atom. The van der Waals surface area contributed by atoms with Crippen molar-refractivity contribution in [2.45, 2.75) is 19.3 Å². The molecule has 0 saturated carbocycles. The van der Waals surface area contributed by atoms with Crippen LogP contribution in [0.15, 0.2) is 59.7 Å². The van der Waals surface area contributed by atoms with Crippen LogP contribution < -0.4 is 0 Å². The van der Waals surface area contributed by atoms with Gasteiger partial charge in [-0.1, -0.05) is 38.1 Å². The summed E-state index contributed by atoms with van der Waals surface area (Å²) in [5.41, 5.74) is 1.26. The first kappa shape index (κ1) is 15.8. The van der Waals surface area contributed by atoms with Crippen molar-refractivity contribution in [1.82, 2.24) is 0 Å². The number of phenols is 1. The fourth-order valence-electron chi connectivity index (χ4n) is 2.38. The number of ether oxygens (including phenoxy) is 1. The van der Waals surface area contributed by atoms with Gasteiger partial charge in [0.15, 0.2) is 0 Å². The lowest BCUT2D eigenvalue weighted by Crippen LogP contribution is -2.32. The van der Waals surface area contributed by atoms with Crippen molar-refractivity contribution in [3.05, 3.63) is 65.3 Å². The zero-order valence-electron chi connectivity index (χ0n) is 12.7. The molecule has 0 radical (unpaired) electrons. The van der Waals surface area contributed by atoms with E-state index in [1.807, 2.05) is 24.3 Å². The van der Waals surface area contributed by atoms with Crippen LogP contribution in [0.1, 0.15) is 19.4 Å². The van der Waals surface area contributed by atoms with Crippen molar-refractivity contribution >= 4 is 11.8 Å². The zero-order chi connectivity index (χ0) is 15.3. The molecule has 1 N–H and O–H groups in total. The molecule has 2 atom stereocenters. The van der Waals surface area contributed by atoms with Gasteiger partial charge in [0.2, 0.25) is 0 Å². The van der Waals surface area contributed by atoms with E-state index in [4.69, 9.17) is 4.74 Å². The van der Waals surface area contributed by atoms with Gasteiger partial charge in [-0.05, 0) is 41.2 Å². The Balaban J connectivity index is 2.34. The minimum absolute atomic E-state index is 0.0115. The van der Waals surface area contributed by atoms with Crippen LogP contribution in [0.2, 0.25) is 0 Å². The minimum atomic E-state index is 0.0115. The standard InChI is InChI=1S/C18H22O2S/c1-14-5-4-6-17(20-3)11-12-21-13-18(14,2)15-7-9-16(19)10-8-15/h4-12,14,19H,13H2,1-3H3/b5-4+,12-11+,17-6+. The lowest BCUT2D eigenvalue weighted by atomic mass is 9.74. The molecule has 1 aliphatic rings. The summed E-state index contributed by atoms with van der Waals surface area (Å²) in [4.78, 5) is 0. The second-order valence-electron chi connectivity index (χ2n) is 5.52. The van der Waals surface area contributed by atoms with Gasteiger partial charge in [-0.25, -0.2) is 0 Å². The quantitative estimate of drug-likeness (QED) is 0.863. The average molecular weight is 302 g/mol. The molecular formula is C18H22O2S. The molecule has 0 aromatic heterocycles. The summed E-state index contributed by atoms with van der Waals surface area (Å²) in [6, 6.07) is 7.57. The van der Waals surface area contributed by atoms with Crippen LogP contribution in [0, 0.1) is 5.92 Å². The third kappa shape index (κ3) is 3.73. The number of benzene rings is 1. The summed E-state index contributed by atoms with van der Waals surface area (Å²) in [6.45, 7) is 4.51. The zero-order valence-corrected chi connectivity index (χ0v) is 13.6. The van der Waals surface area contributed by atoms with Crippen LogP contribution >= 0.6 is 11.8 Å². The van der Waals surface area contributed by atoms with Gasteiger partial charge in [-0.2, -0.15) is 0 Å². The van der Waals surface area contributed by atoms with E-state index in [0.29, 0.717) is 11.7 Å². The van der Waals surface area contributed by atoms with E-state index in [-0.39, 0.29) is 5.41 Å². The Kier molecular flexibility index (Phi) is 5.18. The van der Waals surface area contributed by atoms with Gasteiger partial charge >= 0.3 is 0 Å². The molecule has 1 aromatic carbocycles. The number of methoxy groups -OCH3 is 1. The maximum Gasteiger partial charge on any atom is 0.119 e.